The maximum absolute atomic E-state index is 5.07. The smallest absolute Gasteiger partial charge is 0.0722 e. The Balaban J connectivity index is 1.39. The third-order valence-electron chi connectivity index (χ3n) is 6.61. The minimum Gasteiger partial charge on any atom is -0.383 e. The molecule has 0 amide bonds. The molecule has 1 unspecified atom stereocenters. The van der Waals surface area contributed by atoms with Crippen molar-refractivity contribution in [1.82, 2.24) is 20.1 Å². The molecule has 6 heteroatoms. The standard InChI is InChI=1S/C27H37N5O/c1-21-27-22(2)31(24-12-15-29-25(20-24)23-10-6-4-7-11-23)18-13-26(27)32(30-21)17-9-5-8-14-28-16-19-33-3/h4,6-7,10-12,15,20,22,28H,5,8-9,13-14,16-19H2,1-3H3. The van der Waals surface area contributed by atoms with Gasteiger partial charge in [0.25, 0.3) is 0 Å². The zero-order valence-corrected chi connectivity index (χ0v) is 20.3. The highest BCUT2D eigenvalue weighted by Gasteiger charge is 2.29. The van der Waals surface area contributed by atoms with E-state index in [0.29, 0.717) is 6.04 Å². The molecule has 33 heavy (non-hydrogen) atoms. The highest BCUT2D eigenvalue weighted by Crippen LogP contribution is 2.36. The van der Waals surface area contributed by atoms with Crippen LogP contribution in [0.25, 0.3) is 11.3 Å². The van der Waals surface area contributed by atoms with Gasteiger partial charge in [-0.1, -0.05) is 36.8 Å². The van der Waals surface area contributed by atoms with Crippen molar-refractivity contribution in [2.45, 2.75) is 52.1 Å². The Morgan fingerprint density at radius 2 is 1.94 bits per heavy atom. The van der Waals surface area contributed by atoms with E-state index < -0.39 is 0 Å². The second-order valence-corrected chi connectivity index (χ2v) is 8.86. The Bertz CT molecular complexity index is 1020. The van der Waals surface area contributed by atoms with Crippen molar-refractivity contribution < 1.29 is 4.74 Å². The minimum absolute atomic E-state index is 0.304. The number of aryl methyl sites for hydroxylation is 2. The monoisotopic (exact) mass is 447 g/mol. The largest absolute Gasteiger partial charge is 0.383 e. The third kappa shape index (κ3) is 5.63. The SMILES string of the molecule is COCCNCCCCCn1nc(C)c2c1CCN(c1ccnc(-c3ccccc3)c1)C2C. The van der Waals surface area contributed by atoms with Crippen LogP contribution in [0, 0.1) is 6.92 Å². The summed E-state index contributed by atoms with van der Waals surface area (Å²) in [5.74, 6) is 0. The van der Waals surface area contributed by atoms with E-state index >= 15 is 0 Å². The van der Waals surface area contributed by atoms with Crippen LogP contribution in [0.4, 0.5) is 5.69 Å². The topological polar surface area (TPSA) is 55.2 Å². The number of hydrogen-bond acceptors (Lipinski definition) is 5. The molecular formula is C27H37N5O. The molecule has 0 bridgehead atoms. The van der Waals surface area contributed by atoms with Crippen LogP contribution in [0.5, 0.6) is 0 Å². The molecule has 2 aromatic heterocycles. The highest BCUT2D eigenvalue weighted by atomic mass is 16.5. The molecular weight excluding hydrogens is 410 g/mol. The van der Waals surface area contributed by atoms with Crippen molar-refractivity contribution in [3.63, 3.8) is 0 Å². The van der Waals surface area contributed by atoms with Crippen LogP contribution in [-0.4, -0.2) is 48.1 Å². The second kappa shape index (κ2) is 11.4. The number of aromatic nitrogens is 3. The summed E-state index contributed by atoms with van der Waals surface area (Å²) >= 11 is 0. The van der Waals surface area contributed by atoms with Gasteiger partial charge in [-0.25, -0.2) is 0 Å². The molecule has 0 saturated carbocycles. The first-order chi connectivity index (χ1) is 16.2. The van der Waals surface area contributed by atoms with Crippen LogP contribution < -0.4 is 10.2 Å². The maximum atomic E-state index is 5.07. The van der Waals surface area contributed by atoms with Gasteiger partial charge in [0.2, 0.25) is 0 Å². The molecule has 0 aliphatic carbocycles. The fraction of sp³-hybridized carbons (Fsp3) is 0.481. The van der Waals surface area contributed by atoms with E-state index in [0.717, 1.165) is 50.5 Å². The molecule has 1 atom stereocenters. The molecule has 1 aliphatic heterocycles. The van der Waals surface area contributed by atoms with E-state index in [1.165, 1.54) is 41.9 Å². The van der Waals surface area contributed by atoms with Gasteiger partial charge >= 0.3 is 0 Å². The van der Waals surface area contributed by atoms with Crippen molar-refractivity contribution in [2.75, 3.05) is 38.3 Å². The Labute approximate surface area is 198 Å². The molecule has 1 aromatic carbocycles. The number of hydrogen-bond donors (Lipinski definition) is 1. The zero-order chi connectivity index (χ0) is 23.0. The van der Waals surface area contributed by atoms with Crippen LogP contribution in [0.15, 0.2) is 48.7 Å². The van der Waals surface area contributed by atoms with Crippen molar-refractivity contribution in [2.24, 2.45) is 0 Å². The first kappa shape index (κ1) is 23.5. The van der Waals surface area contributed by atoms with Gasteiger partial charge in [-0.05, 0) is 45.4 Å². The summed E-state index contributed by atoms with van der Waals surface area (Å²) in [5.41, 5.74) is 7.40. The molecule has 3 heterocycles. The average molecular weight is 448 g/mol. The van der Waals surface area contributed by atoms with Gasteiger partial charge < -0.3 is 15.0 Å². The number of methoxy groups -OCH3 is 1. The van der Waals surface area contributed by atoms with Crippen LogP contribution in [0.1, 0.15) is 49.2 Å². The van der Waals surface area contributed by atoms with E-state index in [1.54, 1.807) is 7.11 Å². The first-order valence-electron chi connectivity index (χ1n) is 12.2. The number of pyridine rings is 1. The summed E-state index contributed by atoms with van der Waals surface area (Å²) in [6.07, 6.45) is 6.54. The molecule has 176 valence electrons. The fourth-order valence-electron chi connectivity index (χ4n) is 4.92. The van der Waals surface area contributed by atoms with Gasteiger partial charge in [0.1, 0.15) is 0 Å². The van der Waals surface area contributed by atoms with Gasteiger partial charge in [-0.3, -0.25) is 9.67 Å². The lowest BCUT2D eigenvalue weighted by molar-refractivity contribution is 0.199. The number of unbranched alkanes of at least 4 members (excludes halogenated alkanes) is 2. The quantitative estimate of drug-likeness (QED) is 0.429. The lowest BCUT2D eigenvalue weighted by Gasteiger charge is -2.36. The lowest BCUT2D eigenvalue weighted by atomic mass is 9.96. The molecule has 0 spiro atoms. The summed E-state index contributed by atoms with van der Waals surface area (Å²) < 4.78 is 7.35. The molecule has 0 radical (unpaired) electrons. The fourth-order valence-corrected chi connectivity index (χ4v) is 4.92. The number of anilines is 1. The summed E-state index contributed by atoms with van der Waals surface area (Å²) in [7, 11) is 1.74. The van der Waals surface area contributed by atoms with Gasteiger partial charge in [0.15, 0.2) is 0 Å². The van der Waals surface area contributed by atoms with Crippen molar-refractivity contribution in [3.05, 3.63) is 65.6 Å². The Morgan fingerprint density at radius 3 is 2.76 bits per heavy atom. The molecule has 6 nitrogen and oxygen atoms in total. The number of benzene rings is 1. The third-order valence-corrected chi connectivity index (χ3v) is 6.61. The zero-order valence-electron chi connectivity index (χ0n) is 20.3. The number of nitrogens with one attached hydrogen (secondary N) is 1. The second-order valence-electron chi connectivity index (χ2n) is 8.86. The van der Waals surface area contributed by atoms with Gasteiger partial charge in [0.05, 0.1) is 24.0 Å². The first-order valence-corrected chi connectivity index (χ1v) is 12.2. The normalized spacial score (nSPS) is 15.6. The predicted molar refractivity (Wildman–Crippen MR) is 135 cm³/mol. The van der Waals surface area contributed by atoms with Crippen LogP contribution in [0.2, 0.25) is 0 Å². The minimum atomic E-state index is 0.304. The maximum Gasteiger partial charge on any atom is 0.0722 e. The Hall–Kier alpha value is -2.70. The molecule has 3 aromatic rings. The van der Waals surface area contributed by atoms with E-state index in [4.69, 9.17) is 9.84 Å². The average Bonchev–Trinajstić information content (AvgIpc) is 3.17. The van der Waals surface area contributed by atoms with Gasteiger partial charge in [0, 0.05) is 61.9 Å². The van der Waals surface area contributed by atoms with E-state index in [2.05, 4.69) is 70.1 Å². The van der Waals surface area contributed by atoms with E-state index in [-0.39, 0.29) is 0 Å². The Morgan fingerprint density at radius 1 is 1.09 bits per heavy atom. The highest BCUT2D eigenvalue weighted by molar-refractivity contribution is 5.65. The van der Waals surface area contributed by atoms with Gasteiger partial charge in [-0.15, -0.1) is 0 Å². The summed E-state index contributed by atoms with van der Waals surface area (Å²) in [4.78, 5) is 7.11. The van der Waals surface area contributed by atoms with Crippen molar-refractivity contribution in [1.29, 1.82) is 0 Å². The molecule has 0 fully saturated rings. The number of nitrogens with zero attached hydrogens (tertiary/aromatic N) is 4. The molecule has 1 aliphatic rings. The molecule has 1 N–H and O–H groups in total. The van der Waals surface area contributed by atoms with E-state index in [9.17, 15) is 0 Å². The van der Waals surface area contributed by atoms with Crippen molar-refractivity contribution in [3.8, 4) is 11.3 Å². The van der Waals surface area contributed by atoms with Crippen LogP contribution in [-0.2, 0) is 17.7 Å². The lowest BCUT2D eigenvalue weighted by Crippen LogP contribution is -2.34. The van der Waals surface area contributed by atoms with Crippen LogP contribution >= 0.6 is 0 Å². The number of rotatable bonds is 11. The van der Waals surface area contributed by atoms with Crippen molar-refractivity contribution >= 4 is 5.69 Å². The van der Waals surface area contributed by atoms with Gasteiger partial charge in [-0.2, -0.15) is 5.10 Å². The summed E-state index contributed by atoms with van der Waals surface area (Å²) in [5, 5.41) is 8.36. The molecule has 4 rings (SSSR count). The van der Waals surface area contributed by atoms with E-state index in [1.807, 2.05) is 12.3 Å². The molecule has 0 saturated heterocycles. The predicted octanol–water partition coefficient (Wildman–Crippen LogP) is 4.78. The number of ether oxygens (including phenoxy) is 1. The van der Waals surface area contributed by atoms with Crippen LogP contribution in [0.3, 0.4) is 0 Å². The number of fused-ring (bicyclic) bond motifs is 1. The Kier molecular flexibility index (Phi) is 8.13. The summed E-state index contributed by atoms with van der Waals surface area (Å²) in [6.45, 7) is 9.25. The summed E-state index contributed by atoms with van der Waals surface area (Å²) in [6, 6.07) is 15.1.